The van der Waals surface area contributed by atoms with E-state index in [2.05, 4.69) is 195 Å². The van der Waals surface area contributed by atoms with Gasteiger partial charge in [-0.05, 0) is 98.1 Å². The van der Waals surface area contributed by atoms with E-state index >= 15 is 0 Å². The number of hydrogen-bond donors (Lipinski definition) is 0. The summed E-state index contributed by atoms with van der Waals surface area (Å²) in [6.45, 7) is 4.76. The summed E-state index contributed by atoms with van der Waals surface area (Å²) >= 11 is 0. The molecule has 2 aliphatic carbocycles. The molecule has 2 heteroatoms. The summed E-state index contributed by atoms with van der Waals surface area (Å²) in [5.41, 5.74) is 17.8. The molecule has 11 rings (SSSR count). The van der Waals surface area contributed by atoms with Gasteiger partial charge in [0.05, 0.1) is 5.41 Å². The van der Waals surface area contributed by atoms with Crippen LogP contribution in [0.5, 0.6) is 0 Å². The smallest absolute Gasteiger partial charge is 0.137 e. The fourth-order valence-electron chi connectivity index (χ4n) is 9.82. The minimum absolute atomic E-state index is 0.122. The monoisotopic (exact) mass is 691 g/mol. The highest BCUT2D eigenvalue weighted by atomic mass is 16.3. The highest BCUT2D eigenvalue weighted by molar-refractivity contribution is 6.06. The van der Waals surface area contributed by atoms with Crippen molar-refractivity contribution in [3.63, 3.8) is 0 Å². The van der Waals surface area contributed by atoms with E-state index in [-0.39, 0.29) is 5.41 Å². The first kappa shape index (κ1) is 30.9. The molecule has 2 nitrogen and oxygen atoms in total. The lowest BCUT2D eigenvalue weighted by molar-refractivity contribution is 0.563. The Balaban J connectivity index is 1.09. The standard InChI is InChI=1S/C52H37NO/c1-51(2)43-21-9-11-23-45(43)52(46-24-12-10-22-44(46)51)42-20-8-6-18-41(42)50-38(19-14-25-47(50)52)34-27-29-36(30-28-34)53(35-15-4-3-5-16-35)37-31-32-40-39-17-7-13-26-48(39)54-49(40)33-37/h3-33H,1-2H3. The van der Waals surface area contributed by atoms with Crippen LogP contribution in [-0.2, 0) is 10.8 Å². The van der Waals surface area contributed by atoms with Crippen LogP contribution >= 0.6 is 0 Å². The molecule has 1 aromatic heterocycles. The largest absolute Gasteiger partial charge is 0.456 e. The molecule has 0 saturated carbocycles. The molecule has 9 aromatic rings. The third kappa shape index (κ3) is 4.17. The molecular weight excluding hydrogens is 655 g/mol. The Labute approximate surface area is 315 Å². The normalized spacial score (nSPS) is 14.4. The van der Waals surface area contributed by atoms with Gasteiger partial charge in [0.2, 0.25) is 0 Å². The van der Waals surface area contributed by atoms with Crippen LogP contribution in [0.3, 0.4) is 0 Å². The van der Waals surface area contributed by atoms with E-state index in [0.717, 1.165) is 39.0 Å². The number of nitrogens with zero attached hydrogens (tertiary/aromatic N) is 1. The molecule has 54 heavy (non-hydrogen) atoms. The lowest BCUT2D eigenvalue weighted by atomic mass is 9.55. The first-order chi connectivity index (χ1) is 26.5. The number of hydrogen-bond acceptors (Lipinski definition) is 2. The average Bonchev–Trinajstić information content (AvgIpc) is 3.75. The lowest BCUT2D eigenvalue weighted by Gasteiger charge is -2.46. The molecule has 0 radical (unpaired) electrons. The molecule has 0 atom stereocenters. The molecule has 0 saturated heterocycles. The summed E-state index contributed by atoms with van der Waals surface area (Å²) < 4.78 is 6.34. The average molecular weight is 692 g/mol. The van der Waals surface area contributed by atoms with Crippen LogP contribution in [0.2, 0.25) is 0 Å². The Hall–Kier alpha value is -6.64. The van der Waals surface area contributed by atoms with Crippen LogP contribution in [0.1, 0.15) is 47.2 Å². The van der Waals surface area contributed by atoms with Gasteiger partial charge in [-0.1, -0.05) is 153 Å². The Morgan fingerprint density at radius 1 is 0.389 bits per heavy atom. The molecule has 256 valence electrons. The summed E-state index contributed by atoms with van der Waals surface area (Å²) in [5, 5.41) is 2.26. The highest BCUT2D eigenvalue weighted by Gasteiger charge is 2.53. The van der Waals surface area contributed by atoms with Gasteiger partial charge in [0.1, 0.15) is 11.2 Å². The number of fused-ring (bicyclic) bond motifs is 12. The van der Waals surface area contributed by atoms with E-state index in [9.17, 15) is 0 Å². The summed E-state index contributed by atoms with van der Waals surface area (Å²) in [7, 11) is 0. The highest BCUT2D eigenvalue weighted by Crippen LogP contribution is 2.63. The van der Waals surface area contributed by atoms with Gasteiger partial charge < -0.3 is 9.32 Å². The fraction of sp³-hybridized carbons (Fsp3) is 0.0769. The Kier molecular flexibility index (Phi) is 6.55. The van der Waals surface area contributed by atoms with Gasteiger partial charge in [0.25, 0.3) is 0 Å². The van der Waals surface area contributed by atoms with Crippen molar-refractivity contribution in [1.29, 1.82) is 0 Å². The third-order valence-corrected chi connectivity index (χ3v) is 12.1. The molecule has 0 bridgehead atoms. The Morgan fingerprint density at radius 2 is 0.926 bits per heavy atom. The molecule has 0 unspecified atom stereocenters. The van der Waals surface area contributed by atoms with Gasteiger partial charge in [-0.15, -0.1) is 0 Å². The van der Waals surface area contributed by atoms with E-state index in [0.29, 0.717) is 0 Å². The van der Waals surface area contributed by atoms with E-state index in [1.54, 1.807) is 0 Å². The van der Waals surface area contributed by atoms with Crippen molar-refractivity contribution in [3.8, 4) is 22.3 Å². The number of furan rings is 1. The van der Waals surface area contributed by atoms with Crippen molar-refractivity contribution in [3.05, 3.63) is 221 Å². The van der Waals surface area contributed by atoms with Crippen LogP contribution < -0.4 is 4.90 Å². The van der Waals surface area contributed by atoms with Crippen molar-refractivity contribution in [2.75, 3.05) is 4.90 Å². The molecule has 0 fully saturated rings. The van der Waals surface area contributed by atoms with Gasteiger partial charge in [-0.25, -0.2) is 0 Å². The Bertz CT molecular complexity index is 2860. The van der Waals surface area contributed by atoms with Gasteiger partial charge in [-0.2, -0.15) is 0 Å². The number of anilines is 3. The lowest BCUT2D eigenvalue weighted by Crippen LogP contribution is -2.40. The number of benzene rings is 8. The zero-order chi connectivity index (χ0) is 36.0. The quantitative estimate of drug-likeness (QED) is 0.183. The number of para-hydroxylation sites is 2. The minimum Gasteiger partial charge on any atom is -0.456 e. The molecule has 1 heterocycles. The summed E-state index contributed by atoms with van der Waals surface area (Å²) in [6.07, 6.45) is 0. The molecule has 0 aliphatic heterocycles. The van der Waals surface area contributed by atoms with Crippen LogP contribution in [0.25, 0.3) is 44.2 Å². The first-order valence-electron chi connectivity index (χ1n) is 18.9. The molecule has 1 spiro atoms. The summed E-state index contributed by atoms with van der Waals surface area (Å²) in [5.74, 6) is 0. The van der Waals surface area contributed by atoms with Crippen molar-refractivity contribution in [2.45, 2.75) is 24.7 Å². The predicted octanol–water partition coefficient (Wildman–Crippen LogP) is 13.7. The van der Waals surface area contributed by atoms with Gasteiger partial charge in [0, 0.05) is 39.3 Å². The van der Waals surface area contributed by atoms with Crippen molar-refractivity contribution in [2.24, 2.45) is 0 Å². The maximum Gasteiger partial charge on any atom is 0.137 e. The predicted molar refractivity (Wildman–Crippen MR) is 223 cm³/mol. The second kappa shape index (κ2) is 11.4. The summed E-state index contributed by atoms with van der Waals surface area (Å²) in [4.78, 5) is 2.31. The zero-order valence-electron chi connectivity index (χ0n) is 30.3. The molecule has 2 aliphatic rings. The van der Waals surface area contributed by atoms with Crippen LogP contribution in [0.4, 0.5) is 17.1 Å². The topological polar surface area (TPSA) is 16.4 Å². The second-order valence-electron chi connectivity index (χ2n) is 15.2. The Morgan fingerprint density at radius 3 is 1.67 bits per heavy atom. The molecular formula is C52H37NO. The van der Waals surface area contributed by atoms with Gasteiger partial charge in [0.15, 0.2) is 0 Å². The van der Waals surface area contributed by atoms with E-state index in [1.165, 1.54) is 55.6 Å². The first-order valence-corrected chi connectivity index (χ1v) is 18.9. The third-order valence-electron chi connectivity index (χ3n) is 12.1. The molecule has 8 aromatic carbocycles. The van der Waals surface area contributed by atoms with Crippen molar-refractivity contribution < 1.29 is 4.42 Å². The maximum absolute atomic E-state index is 6.34. The van der Waals surface area contributed by atoms with E-state index in [1.807, 2.05) is 12.1 Å². The fourth-order valence-corrected chi connectivity index (χ4v) is 9.82. The molecule has 0 N–H and O–H groups in total. The van der Waals surface area contributed by atoms with Crippen molar-refractivity contribution in [1.82, 2.24) is 0 Å². The van der Waals surface area contributed by atoms with Crippen LogP contribution in [0, 0.1) is 0 Å². The molecule has 0 amide bonds. The van der Waals surface area contributed by atoms with Gasteiger partial charge in [-0.3, -0.25) is 0 Å². The van der Waals surface area contributed by atoms with Crippen LogP contribution in [-0.4, -0.2) is 0 Å². The van der Waals surface area contributed by atoms with Crippen LogP contribution in [0.15, 0.2) is 192 Å². The SMILES string of the molecule is CC1(C)c2ccccc2C2(c3ccccc3-c3c(-c4ccc(N(c5ccccc5)c5ccc6c(c5)oc5ccccc56)cc4)cccc32)c2ccccc21. The van der Waals surface area contributed by atoms with E-state index in [4.69, 9.17) is 4.42 Å². The zero-order valence-corrected chi connectivity index (χ0v) is 30.3. The van der Waals surface area contributed by atoms with E-state index < -0.39 is 5.41 Å². The minimum atomic E-state index is -0.413. The second-order valence-corrected chi connectivity index (χ2v) is 15.2. The van der Waals surface area contributed by atoms with Crippen molar-refractivity contribution >= 4 is 39.0 Å². The maximum atomic E-state index is 6.34. The number of rotatable bonds is 4. The summed E-state index contributed by atoms with van der Waals surface area (Å²) in [6, 6.07) is 68.9. The van der Waals surface area contributed by atoms with Gasteiger partial charge >= 0.3 is 0 Å².